The number of nitrogens with zero attached hydrogens (tertiary/aromatic N) is 1. The highest BCUT2D eigenvalue weighted by molar-refractivity contribution is 6.01. The van der Waals surface area contributed by atoms with E-state index in [0.29, 0.717) is 11.3 Å². The lowest BCUT2D eigenvalue weighted by atomic mass is 9.78. The predicted octanol–water partition coefficient (Wildman–Crippen LogP) is 4.80. The molecule has 2 aromatic rings. The van der Waals surface area contributed by atoms with Gasteiger partial charge in [-0.15, -0.1) is 0 Å². The number of phenolic OH excluding ortho intramolecular Hbond substituents is 1. The summed E-state index contributed by atoms with van der Waals surface area (Å²) < 4.78 is 5.19. The van der Waals surface area contributed by atoms with Crippen molar-refractivity contribution in [3.8, 4) is 11.8 Å². The molecular weight excluding hydrogens is 352 g/mol. The molecule has 2 N–H and O–H groups in total. The Labute approximate surface area is 166 Å². The molecule has 0 saturated carbocycles. The van der Waals surface area contributed by atoms with Gasteiger partial charge in [0.15, 0.2) is 0 Å². The van der Waals surface area contributed by atoms with Crippen molar-refractivity contribution in [1.82, 2.24) is 5.32 Å². The van der Waals surface area contributed by atoms with Gasteiger partial charge in [0.1, 0.15) is 23.2 Å². The minimum absolute atomic E-state index is 0.00281. The third-order valence-electron chi connectivity index (χ3n) is 4.43. The highest BCUT2D eigenvalue weighted by Crippen LogP contribution is 2.40. The Morgan fingerprint density at radius 1 is 1.18 bits per heavy atom. The van der Waals surface area contributed by atoms with E-state index >= 15 is 0 Å². The second kappa shape index (κ2) is 7.93. The second-order valence-electron chi connectivity index (χ2n) is 8.90. The number of aromatic hydroxyl groups is 1. The highest BCUT2D eigenvalue weighted by atomic mass is 16.3. The standard InChI is InChI=1S/C23H28N2O3/c1-22(2,3)18-11-15(12-19(20(18)26)23(4,5)6)10-16(13-24)21(27)25-14-17-8-7-9-28-17/h7-12,26H,14H2,1-6H3,(H,25,27)/b16-10+. The Balaban J connectivity index is 2.43. The van der Waals surface area contributed by atoms with E-state index in [9.17, 15) is 15.2 Å². The van der Waals surface area contributed by atoms with Gasteiger partial charge in [-0.05, 0) is 46.7 Å². The van der Waals surface area contributed by atoms with E-state index in [4.69, 9.17) is 4.42 Å². The van der Waals surface area contributed by atoms with Crippen molar-refractivity contribution in [1.29, 1.82) is 5.26 Å². The molecule has 1 aromatic heterocycles. The lowest BCUT2D eigenvalue weighted by molar-refractivity contribution is -0.117. The summed E-state index contributed by atoms with van der Waals surface area (Å²) in [6, 6.07) is 9.13. The van der Waals surface area contributed by atoms with Crippen LogP contribution in [0.5, 0.6) is 5.75 Å². The molecule has 2 rings (SSSR count). The van der Waals surface area contributed by atoms with Crippen LogP contribution in [-0.4, -0.2) is 11.0 Å². The number of benzene rings is 1. The van der Waals surface area contributed by atoms with Gasteiger partial charge in [0.05, 0.1) is 12.8 Å². The van der Waals surface area contributed by atoms with E-state index in [1.54, 1.807) is 18.2 Å². The summed E-state index contributed by atoms with van der Waals surface area (Å²) in [6.07, 6.45) is 3.09. The monoisotopic (exact) mass is 380 g/mol. The molecule has 0 aliphatic heterocycles. The Kier molecular flexibility index (Phi) is 6.04. The topological polar surface area (TPSA) is 86.3 Å². The summed E-state index contributed by atoms with van der Waals surface area (Å²) >= 11 is 0. The molecule has 1 aromatic carbocycles. The minimum atomic E-state index is -0.471. The Bertz CT molecular complexity index is 883. The average Bonchev–Trinajstić information content (AvgIpc) is 3.10. The molecule has 0 radical (unpaired) electrons. The molecule has 0 aliphatic carbocycles. The van der Waals surface area contributed by atoms with Gasteiger partial charge in [-0.1, -0.05) is 41.5 Å². The number of hydrogen-bond acceptors (Lipinski definition) is 4. The van der Waals surface area contributed by atoms with Crippen LogP contribution in [0.4, 0.5) is 0 Å². The summed E-state index contributed by atoms with van der Waals surface area (Å²) in [5.41, 5.74) is 1.68. The number of carbonyl (C=O) groups is 1. The van der Waals surface area contributed by atoms with Crippen LogP contribution in [0.1, 0.15) is 64.0 Å². The molecule has 0 aliphatic rings. The molecule has 1 heterocycles. The first-order valence-electron chi connectivity index (χ1n) is 9.24. The average molecular weight is 380 g/mol. The highest BCUT2D eigenvalue weighted by Gasteiger charge is 2.26. The fourth-order valence-electron chi connectivity index (χ4n) is 2.87. The third-order valence-corrected chi connectivity index (χ3v) is 4.43. The first kappa shape index (κ1) is 21.3. The molecule has 5 heteroatoms. The lowest BCUT2D eigenvalue weighted by Crippen LogP contribution is -2.23. The van der Waals surface area contributed by atoms with Crippen LogP contribution in [0.2, 0.25) is 0 Å². The van der Waals surface area contributed by atoms with Crippen molar-refractivity contribution in [3.63, 3.8) is 0 Å². The molecule has 148 valence electrons. The molecule has 1 amide bonds. The SMILES string of the molecule is CC(C)(C)c1cc(/C=C(\C#N)C(=O)NCc2ccco2)cc(C(C)(C)C)c1O. The van der Waals surface area contributed by atoms with Crippen LogP contribution in [0.15, 0.2) is 40.5 Å². The van der Waals surface area contributed by atoms with E-state index in [-0.39, 0.29) is 28.7 Å². The third kappa shape index (κ3) is 5.04. The quantitative estimate of drug-likeness (QED) is 0.589. The zero-order valence-electron chi connectivity index (χ0n) is 17.4. The number of carbonyl (C=O) groups excluding carboxylic acids is 1. The van der Waals surface area contributed by atoms with Gasteiger partial charge in [0.2, 0.25) is 0 Å². The molecule has 0 unspecified atom stereocenters. The fraction of sp³-hybridized carbons (Fsp3) is 0.391. The van der Waals surface area contributed by atoms with Crippen molar-refractivity contribution in [3.05, 3.63) is 58.6 Å². The molecule has 28 heavy (non-hydrogen) atoms. The van der Waals surface area contributed by atoms with Crippen molar-refractivity contribution in [2.45, 2.75) is 58.9 Å². The molecule has 0 spiro atoms. The van der Waals surface area contributed by atoms with Crippen molar-refractivity contribution < 1.29 is 14.3 Å². The maximum absolute atomic E-state index is 12.4. The van der Waals surface area contributed by atoms with Gasteiger partial charge >= 0.3 is 0 Å². The Morgan fingerprint density at radius 2 is 1.75 bits per heavy atom. The zero-order valence-corrected chi connectivity index (χ0v) is 17.4. The zero-order chi connectivity index (χ0) is 21.1. The van der Waals surface area contributed by atoms with Gasteiger partial charge in [-0.3, -0.25) is 4.79 Å². The smallest absolute Gasteiger partial charge is 0.262 e. The maximum Gasteiger partial charge on any atom is 0.262 e. The normalized spacial score (nSPS) is 12.5. The van der Waals surface area contributed by atoms with Crippen LogP contribution in [0, 0.1) is 11.3 Å². The van der Waals surface area contributed by atoms with Crippen molar-refractivity contribution >= 4 is 12.0 Å². The van der Waals surface area contributed by atoms with Crippen LogP contribution in [-0.2, 0) is 22.2 Å². The Hall–Kier alpha value is -3.00. The predicted molar refractivity (Wildman–Crippen MR) is 110 cm³/mol. The van der Waals surface area contributed by atoms with Crippen molar-refractivity contribution in [2.75, 3.05) is 0 Å². The van der Waals surface area contributed by atoms with Gasteiger partial charge in [-0.2, -0.15) is 5.26 Å². The number of nitriles is 1. The minimum Gasteiger partial charge on any atom is -0.507 e. The van der Waals surface area contributed by atoms with E-state index in [1.165, 1.54) is 6.26 Å². The summed E-state index contributed by atoms with van der Waals surface area (Å²) in [5, 5.41) is 23.0. The van der Waals surface area contributed by atoms with E-state index in [0.717, 1.165) is 11.1 Å². The first-order chi connectivity index (χ1) is 12.9. The summed E-state index contributed by atoms with van der Waals surface area (Å²) in [7, 11) is 0. The van der Waals surface area contributed by atoms with E-state index in [1.807, 2.05) is 59.7 Å². The van der Waals surface area contributed by atoms with Gasteiger partial charge < -0.3 is 14.8 Å². The summed E-state index contributed by atoms with van der Waals surface area (Å²) in [5.74, 6) is 0.403. The van der Waals surface area contributed by atoms with Gasteiger partial charge in [-0.25, -0.2) is 0 Å². The maximum atomic E-state index is 12.4. The summed E-state index contributed by atoms with van der Waals surface area (Å²) in [4.78, 5) is 12.4. The molecule has 0 atom stereocenters. The molecular formula is C23H28N2O3. The largest absolute Gasteiger partial charge is 0.507 e. The van der Waals surface area contributed by atoms with Crippen LogP contribution in [0.3, 0.4) is 0 Å². The molecule has 5 nitrogen and oxygen atoms in total. The van der Waals surface area contributed by atoms with Crippen molar-refractivity contribution in [2.24, 2.45) is 0 Å². The summed E-state index contributed by atoms with van der Waals surface area (Å²) in [6.45, 7) is 12.3. The molecule has 0 saturated heterocycles. The van der Waals surface area contributed by atoms with Crippen LogP contribution >= 0.6 is 0 Å². The number of nitrogens with one attached hydrogen (secondary N) is 1. The van der Waals surface area contributed by atoms with E-state index in [2.05, 4.69) is 5.32 Å². The van der Waals surface area contributed by atoms with E-state index < -0.39 is 5.91 Å². The molecule has 0 fully saturated rings. The molecule has 0 bridgehead atoms. The van der Waals surface area contributed by atoms with Gasteiger partial charge in [0, 0.05) is 11.1 Å². The van der Waals surface area contributed by atoms with Gasteiger partial charge in [0.25, 0.3) is 5.91 Å². The lowest BCUT2D eigenvalue weighted by Gasteiger charge is -2.28. The van der Waals surface area contributed by atoms with Crippen LogP contribution < -0.4 is 5.32 Å². The first-order valence-corrected chi connectivity index (χ1v) is 9.24. The second-order valence-corrected chi connectivity index (χ2v) is 8.90. The Morgan fingerprint density at radius 3 is 2.18 bits per heavy atom. The fourth-order valence-corrected chi connectivity index (χ4v) is 2.87. The van der Waals surface area contributed by atoms with Crippen LogP contribution in [0.25, 0.3) is 6.08 Å². The number of hydrogen-bond donors (Lipinski definition) is 2. The number of furan rings is 1. The number of amides is 1. The number of rotatable bonds is 4. The number of phenols is 1.